The molecule has 0 spiro atoms. The molecule has 3 rings (SSSR count). The van der Waals surface area contributed by atoms with Crippen LogP contribution in [0.15, 0.2) is 29.2 Å². The first-order chi connectivity index (χ1) is 17.7. The van der Waals surface area contributed by atoms with Gasteiger partial charge < -0.3 is 16.4 Å². The van der Waals surface area contributed by atoms with Crippen molar-refractivity contribution in [2.45, 2.75) is 70.4 Å². The normalized spacial score (nSPS) is 16.7. The van der Waals surface area contributed by atoms with Gasteiger partial charge >= 0.3 is 10.6 Å². The number of hydrogen-bond donors (Lipinski definition) is 5. The number of sulfonamides is 1. The molecule has 0 aliphatic heterocycles. The molecule has 1 aromatic carbocycles. The van der Waals surface area contributed by atoms with E-state index >= 15 is 0 Å². The van der Waals surface area contributed by atoms with Gasteiger partial charge in [-0.1, -0.05) is 33.8 Å². The van der Waals surface area contributed by atoms with Crippen LogP contribution >= 0.6 is 0 Å². The molecule has 1 aromatic heterocycles. The van der Waals surface area contributed by atoms with Crippen molar-refractivity contribution in [3.8, 4) is 0 Å². The van der Waals surface area contributed by atoms with Crippen molar-refractivity contribution in [2.75, 3.05) is 22.6 Å². The number of nitrogen functional groups attached to an aromatic ring is 1. The fraction of sp³-hybridized carbons (Fsp3) is 0.550. The molecule has 1 aliphatic rings. The molecule has 0 radical (unpaired) electrons. The lowest BCUT2D eigenvalue weighted by Crippen LogP contribution is -2.39. The molecule has 0 amide bonds. The highest BCUT2D eigenvalue weighted by atomic mass is 32.2. The number of nitrogens with two attached hydrogens (primary N) is 1. The zero-order valence-electron chi connectivity index (χ0n) is 21.7. The lowest BCUT2D eigenvalue weighted by molar-refractivity contribution is 0.387. The van der Waals surface area contributed by atoms with E-state index in [2.05, 4.69) is 30.3 Å². The molecular formula is C20H35N7O8S3. The number of rotatable bonds is 7. The lowest BCUT2D eigenvalue weighted by Gasteiger charge is -2.29. The van der Waals surface area contributed by atoms with E-state index in [-0.39, 0.29) is 34.8 Å². The molecule has 0 saturated heterocycles. The summed E-state index contributed by atoms with van der Waals surface area (Å²) in [6.07, 6.45) is 3.94. The summed E-state index contributed by atoms with van der Waals surface area (Å²) >= 11 is 0. The fourth-order valence-electron chi connectivity index (χ4n) is 3.22. The van der Waals surface area contributed by atoms with Crippen LogP contribution < -0.4 is 21.1 Å². The molecular weight excluding hydrogens is 562 g/mol. The van der Waals surface area contributed by atoms with Crippen LogP contribution in [0.2, 0.25) is 0 Å². The predicted molar refractivity (Wildman–Crippen MR) is 144 cm³/mol. The van der Waals surface area contributed by atoms with Crippen LogP contribution in [0.3, 0.4) is 0 Å². The second-order valence-electron chi connectivity index (χ2n) is 7.26. The van der Waals surface area contributed by atoms with Gasteiger partial charge in [-0.05, 0) is 43.9 Å². The maximum Gasteiger partial charge on any atom is 0.425 e. The van der Waals surface area contributed by atoms with Crippen molar-refractivity contribution in [1.82, 2.24) is 19.7 Å². The van der Waals surface area contributed by atoms with Crippen LogP contribution in [0.1, 0.15) is 53.4 Å². The van der Waals surface area contributed by atoms with Crippen LogP contribution in [0.25, 0.3) is 0 Å². The Morgan fingerprint density at radius 1 is 0.895 bits per heavy atom. The molecule has 216 valence electrons. The predicted octanol–water partition coefficient (Wildman–Crippen LogP) is 1.76. The number of benzene rings is 1. The van der Waals surface area contributed by atoms with Crippen LogP contribution in [0.5, 0.6) is 0 Å². The number of aromatic nitrogens is 3. The van der Waals surface area contributed by atoms with Gasteiger partial charge in [-0.15, -0.1) is 12.6 Å². The van der Waals surface area contributed by atoms with Gasteiger partial charge in [0.05, 0.1) is 11.2 Å². The molecule has 1 aliphatic carbocycles. The summed E-state index contributed by atoms with van der Waals surface area (Å²) in [5.74, 6) is 0.314. The Morgan fingerprint density at radius 2 is 1.39 bits per heavy atom. The molecule has 1 heterocycles. The van der Waals surface area contributed by atoms with Crippen molar-refractivity contribution in [3.05, 3.63) is 24.3 Å². The molecule has 38 heavy (non-hydrogen) atoms. The highest BCUT2D eigenvalue weighted by Gasteiger charge is 2.24. The summed E-state index contributed by atoms with van der Waals surface area (Å²) in [5.41, 5.74) is 6.10. The van der Waals surface area contributed by atoms with E-state index in [0.717, 1.165) is 19.1 Å². The van der Waals surface area contributed by atoms with Crippen molar-refractivity contribution in [1.29, 1.82) is 0 Å². The summed E-state index contributed by atoms with van der Waals surface area (Å²) in [6.45, 7) is 8.00. The quantitative estimate of drug-likeness (QED) is 0.286. The molecule has 0 bridgehead atoms. The van der Waals surface area contributed by atoms with Gasteiger partial charge in [-0.3, -0.25) is 4.55 Å². The summed E-state index contributed by atoms with van der Waals surface area (Å²) in [5, 5.41) is 6.00. The smallest absolute Gasteiger partial charge is 0.368 e. The minimum Gasteiger partial charge on any atom is -0.368 e. The standard InChI is InChI=1S/C16H23N7O5S2.2C2H6.O3S/c1-29(24,25)23-11-7-5-10(6-8-11)18-15-20-14(17)21-16(22-15)19-12-3-2-4-13(9-12)30(26,27)28;2*1-2;1-4(2)3/h2-4,9-11,23H,5-8H2,1H3,(H,26,27,28)(H4,17,18,19,20,21,22);2*1-2H3;. The summed E-state index contributed by atoms with van der Waals surface area (Å²) < 4.78 is 82.4. The molecule has 0 atom stereocenters. The first kappa shape index (κ1) is 35.1. The zero-order chi connectivity index (χ0) is 29.5. The minimum atomic E-state index is -4.34. The Labute approximate surface area is 224 Å². The van der Waals surface area contributed by atoms with E-state index in [9.17, 15) is 16.8 Å². The first-order valence-corrected chi connectivity index (χ1v) is 15.9. The molecule has 0 unspecified atom stereocenters. The molecule has 1 saturated carbocycles. The van der Waals surface area contributed by atoms with Gasteiger partial charge in [0.1, 0.15) is 0 Å². The maximum atomic E-state index is 11.4. The van der Waals surface area contributed by atoms with Crippen molar-refractivity contribution < 1.29 is 34.0 Å². The summed E-state index contributed by atoms with van der Waals surface area (Å²) in [6, 6.07) is 5.48. The Balaban J connectivity index is 0.00000153. The average molecular weight is 598 g/mol. The molecule has 18 heteroatoms. The van der Waals surface area contributed by atoms with E-state index in [1.807, 2.05) is 27.7 Å². The largest absolute Gasteiger partial charge is 0.425 e. The van der Waals surface area contributed by atoms with E-state index < -0.39 is 30.8 Å². The van der Waals surface area contributed by atoms with E-state index in [1.165, 1.54) is 18.2 Å². The SMILES string of the molecule is CC.CC.CS(=O)(=O)NC1CCC(Nc2nc(N)nc(Nc3cccc(S(=O)(=O)O)c3)n2)CC1.O=S(=O)=O. The zero-order valence-corrected chi connectivity index (χ0v) is 24.2. The Hall–Kier alpha value is -2.93. The van der Waals surface area contributed by atoms with E-state index in [0.29, 0.717) is 18.5 Å². The van der Waals surface area contributed by atoms with Crippen molar-refractivity contribution in [2.24, 2.45) is 0 Å². The molecule has 15 nitrogen and oxygen atoms in total. The molecule has 2 aromatic rings. The van der Waals surface area contributed by atoms with Crippen LogP contribution in [0, 0.1) is 0 Å². The topological polar surface area (TPSA) is 240 Å². The minimum absolute atomic E-state index is 0.0339. The number of nitrogens with zero attached hydrogens (tertiary/aromatic N) is 3. The third-order valence-electron chi connectivity index (χ3n) is 4.48. The lowest BCUT2D eigenvalue weighted by atomic mass is 9.92. The average Bonchev–Trinajstić information content (AvgIpc) is 2.81. The summed E-state index contributed by atoms with van der Waals surface area (Å²) in [4.78, 5) is 12.0. The Morgan fingerprint density at radius 3 is 1.89 bits per heavy atom. The monoisotopic (exact) mass is 597 g/mol. The van der Waals surface area contributed by atoms with Gasteiger partial charge in [0, 0.05) is 17.8 Å². The number of anilines is 4. The van der Waals surface area contributed by atoms with Gasteiger partial charge in [0.15, 0.2) is 0 Å². The fourth-order valence-corrected chi connectivity index (χ4v) is 4.58. The van der Waals surface area contributed by atoms with Gasteiger partial charge in [-0.2, -0.15) is 23.4 Å². The van der Waals surface area contributed by atoms with E-state index in [4.69, 9.17) is 22.9 Å². The Bertz CT molecular complexity index is 1320. The van der Waals surface area contributed by atoms with Crippen molar-refractivity contribution in [3.63, 3.8) is 0 Å². The maximum absolute atomic E-state index is 11.4. The molecule has 6 N–H and O–H groups in total. The highest BCUT2D eigenvalue weighted by molar-refractivity contribution is 7.88. The van der Waals surface area contributed by atoms with Gasteiger partial charge in [0.25, 0.3) is 10.1 Å². The van der Waals surface area contributed by atoms with Gasteiger partial charge in [-0.25, -0.2) is 13.1 Å². The van der Waals surface area contributed by atoms with Crippen molar-refractivity contribution >= 4 is 54.3 Å². The van der Waals surface area contributed by atoms with Crippen LogP contribution in [-0.2, 0) is 30.8 Å². The second kappa shape index (κ2) is 16.8. The first-order valence-electron chi connectivity index (χ1n) is 11.6. The number of nitrogens with one attached hydrogen (secondary N) is 3. The van der Waals surface area contributed by atoms with Crippen LogP contribution in [-0.4, -0.2) is 67.3 Å². The molecule has 1 fully saturated rings. The third kappa shape index (κ3) is 14.7. The van der Waals surface area contributed by atoms with Crippen LogP contribution in [0.4, 0.5) is 23.5 Å². The summed E-state index contributed by atoms with van der Waals surface area (Å²) in [7, 11) is -10.7. The third-order valence-corrected chi connectivity index (χ3v) is 6.09. The number of hydrogen-bond acceptors (Lipinski definition) is 13. The van der Waals surface area contributed by atoms with E-state index in [1.54, 1.807) is 6.07 Å². The van der Waals surface area contributed by atoms with Gasteiger partial charge in [0.2, 0.25) is 27.9 Å². The Kier molecular flexibility index (Phi) is 15.5. The highest BCUT2D eigenvalue weighted by Crippen LogP contribution is 2.23. The second-order valence-corrected chi connectivity index (χ2v) is 10.9.